The molecule has 0 spiro atoms. The second kappa shape index (κ2) is 10.0. The minimum absolute atomic E-state index is 0.180. The Hall–Kier alpha value is -2.91. The average Bonchev–Trinajstić information content (AvgIpc) is 2.75. The number of carbonyl (C=O) groups is 1. The van der Waals surface area contributed by atoms with E-state index in [-0.39, 0.29) is 24.6 Å². The molecule has 0 aromatic heterocycles. The van der Waals surface area contributed by atoms with Crippen LogP contribution in [0, 0.1) is 0 Å². The lowest BCUT2D eigenvalue weighted by atomic mass is 10.0. The van der Waals surface area contributed by atoms with Crippen molar-refractivity contribution in [1.29, 1.82) is 0 Å². The van der Waals surface area contributed by atoms with Gasteiger partial charge < -0.3 is 9.47 Å². The predicted octanol–water partition coefficient (Wildman–Crippen LogP) is 6.56. The second-order valence-corrected chi connectivity index (χ2v) is 7.44. The van der Waals surface area contributed by atoms with Gasteiger partial charge in [0.1, 0.15) is 6.10 Å². The van der Waals surface area contributed by atoms with Crippen molar-refractivity contribution in [3.8, 4) is 0 Å². The van der Waals surface area contributed by atoms with E-state index in [1.807, 2.05) is 48.5 Å². The zero-order valence-electron chi connectivity index (χ0n) is 17.3. The number of carbonyl (C=O) groups excluding carboxylic acids is 1. The lowest BCUT2D eigenvalue weighted by molar-refractivity contribution is -0.152. The number of benzene rings is 3. The van der Waals surface area contributed by atoms with Crippen LogP contribution in [0.5, 0.6) is 0 Å². The van der Waals surface area contributed by atoms with Gasteiger partial charge in [0.15, 0.2) is 0 Å². The fraction of sp³-hybridized carbons (Fsp3) is 0.269. The predicted molar refractivity (Wildman–Crippen MR) is 118 cm³/mol. The Bertz CT molecular complexity index is 971. The highest BCUT2D eigenvalue weighted by Crippen LogP contribution is 2.28. The van der Waals surface area contributed by atoms with E-state index >= 15 is 0 Å². The molecule has 2 unspecified atom stereocenters. The fourth-order valence-electron chi connectivity index (χ4n) is 3.37. The lowest BCUT2D eigenvalue weighted by Gasteiger charge is -2.20. The first kappa shape index (κ1) is 20.8. The van der Waals surface area contributed by atoms with Crippen LogP contribution in [-0.4, -0.2) is 13.1 Å². The second-order valence-electron chi connectivity index (χ2n) is 7.44. The third kappa shape index (κ3) is 5.78. The van der Waals surface area contributed by atoms with Crippen molar-refractivity contribution in [2.75, 3.05) is 7.11 Å². The van der Waals surface area contributed by atoms with Gasteiger partial charge in [-0.1, -0.05) is 78.4 Å². The quantitative estimate of drug-likeness (QED) is 0.324. The highest BCUT2D eigenvalue weighted by atomic mass is 16.5. The summed E-state index contributed by atoms with van der Waals surface area (Å²) < 4.78 is 11.5. The van der Waals surface area contributed by atoms with E-state index < -0.39 is 0 Å². The van der Waals surface area contributed by atoms with Gasteiger partial charge in [-0.05, 0) is 41.8 Å². The van der Waals surface area contributed by atoms with Crippen molar-refractivity contribution in [2.45, 2.75) is 38.9 Å². The molecule has 3 heteroatoms. The van der Waals surface area contributed by atoms with Crippen molar-refractivity contribution < 1.29 is 14.3 Å². The van der Waals surface area contributed by atoms with Gasteiger partial charge >= 0.3 is 5.97 Å². The van der Waals surface area contributed by atoms with Crippen LogP contribution in [0.3, 0.4) is 0 Å². The maximum absolute atomic E-state index is 12.8. The van der Waals surface area contributed by atoms with Gasteiger partial charge in [0.2, 0.25) is 0 Å². The van der Waals surface area contributed by atoms with E-state index in [9.17, 15) is 4.79 Å². The number of methoxy groups -OCH3 is 1. The van der Waals surface area contributed by atoms with E-state index in [0.29, 0.717) is 6.42 Å². The summed E-state index contributed by atoms with van der Waals surface area (Å²) in [6, 6.07) is 24.2. The summed E-state index contributed by atoms with van der Waals surface area (Å²) in [4.78, 5) is 12.8. The van der Waals surface area contributed by atoms with Crippen LogP contribution in [0.25, 0.3) is 10.8 Å². The Balaban J connectivity index is 1.79. The Kier molecular flexibility index (Phi) is 7.20. The molecule has 3 aromatic rings. The molecule has 3 rings (SSSR count). The topological polar surface area (TPSA) is 35.5 Å². The molecule has 3 aromatic carbocycles. The smallest absolute Gasteiger partial charge is 0.309 e. The molecule has 0 radical (unpaired) electrons. The van der Waals surface area contributed by atoms with Crippen LogP contribution >= 0.6 is 0 Å². The molecule has 0 saturated heterocycles. The Morgan fingerprint density at radius 2 is 1.55 bits per heavy atom. The zero-order chi connectivity index (χ0) is 20.6. The molecular weight excluding hydrogens is 360 g/mol. The van der Waals surface area contributed by atoms with Crippen LogP contribution in [0.15, 0.2) is 84.4 Å². The van der Waals surface area contributed by atoms with Crippen LogP contribution in [0.4, 0.5) is 0 Å². The standard InChI is InChI=1S/C26H28O3/c1-19(2)13-16-24(23-15-14-20-9-7-8-12-22(20)17-23)29-26(27)18-25(28-3)21-10-5-4-6-11-21/h4-15,17,24-25H,16,18H2,1-3H3. The summed E-state index contributed by atoms with van der Waals surface area (Å²) in [6.07, 6.45) is 2.30. The van der Waals surface area contributed by atoms with Gasteiger partial charge in [-0.2, -0.15) is 0 Å². The van der Waals surface area contributed by atoms with Crippen molar-refractivity contribution >= 4 is 16.7 Å². The Morgan fingerprint density at radius 1 is 0.862 bits per heavy atom. The van der Waals surface area contributed by atoms with Crippen LogP contribution < -0.4 is 0 Å². The van der Waals surface area contributed by atoms with E-state index in [1.165, 1.54) is 11.0 Å². The number of hydrogen-bond acceptors (Lipinski definition) is 3. The molecule has 0 amide bonds. The molecule has 150 valence electrons. The normalized spacial score (nSPS) is 12.9. The molecule has 0 aliphatic rings. The summed E-state index contributed by atoms with van der Waals surface area (Å²) in [5.41, 5.74) is 3.17. The molecule has 0 N–H and O–H groups in total. The minimum atomic E-state index is -0.324. The summed E-state index contributed by atoms with van der Waals surface area (Å²) in [5.74, 6) is -0.263. The minimum Gasteiger partial charge on any atom is -0.457 e. The monoisotopic (exact) mass is 388 g/mol. The first-order valence-electron chi connectivity index (χ1n) is 9.96. The zero-order valence-corrected chi connectivity index (χ0v) is 17.3. The highest BCUT2D eigenvalue weighted by Gasteiger charge is 2.21. The van der Waals surface area contributed by atoms with E-state index in [1.54, 1.807) is 7.11 Å². The first-order chi connectivity index (χ1) is 14.1. The molecule has 0 heterocycles. The van der Waals surface area contributed by atoms with Crippen LogP contribution in [-0.2, 0) is 14.3 Å². The molecular formula is C26H28O3. The number of hydrogen-bond donors (Lipinski definition) is 0. The molecule has 0 bridgehead atoms. The molecule has 29 heavy (non-hydrogen) atoms. The van der Waals surface area contributed by atoms with Gasteiger partial charge in [0, 0.05) is 13.5 Å². The highest BCUT2D eigenvalue weighted by molar-refractivity contribution is 5.83. The molecule has 0 fully saturated rings. The van der Waals surface area contributed by atoms with E-state index in [0.717, 1.165) is 16.5 Å². The first-order valence-corrected chi connectivity index (χ1v) is 9.96. The number of esters is 1. The fourth-order valence-corrected chi connectivity index (χ4v) is 3.37. The Labute approximate surface area is 173 Å². The van der Waals surface area contributed by atoms with Crippen molar-refractivity contribution in [3.63, 3.8) is 0 Å². The van der Waals surface area contributed by atoms with Gasteiger partial charge in [0.25, 0.3) is 0 Å². The van der Waals surface area contributed by atoms with Crippen molar-refractivity contribution in [1.82, 2.24) is 0 Å². The van der Waals surface area contributed by atoms with Gasteiger partial charge in [-0.3, -0.25) is 4.79 Å². The average molecular weight is 389 g/mol. The molecule has 0 saturated carbocycles. The van der Waals surface area contributed by atoms with Crippen molar-refractivity contribution in [2.24, 2.45) is 0 Å². The van der Waals surface area contributed by atoms with E-state index in [4.69, 9.17) is 9.47 Å². The van der Waals surface area contributed by atoms with Gasteiger partial charge in [-0.15, -0.1) is 0 Å². The number of rotatable bonds is 8. The SMILES string of the molecule is COC(CC(=O)OC(CC=C(C)C)c1ccc2ccccc2c1)c1ccccc1. The van der Waals surface area contributed by atoms with Crippen molar-refractivity contribution in [3.05, 3.63) is 95.6 Å². The summed E-state index contributed by atoms with van der Waals surface area (Å²) in [6.45, 7) is 4.10. The largest absolute Gasteiger partial charge is 0.457 e. The number of ether oxygens (including phenoxy) is 2. The molecule has 0 aliphatic carbocycles. The summed E-state index contributed by atoms with van der Waals surface area (Å²) in [5, 5.41) is 2.31. The summed E-state index contributed by atoms with van der Waals surface area (Å²) >= 11 is 0. The Morgan fingerprint density at radius 3 is 2.24 bits per heavy atom. The molecule has 3 nitrogen and oxygen atoms in total. The van der Waals surface area contributed by atoms with Crippen LogP contribution in [0.2, 0.25) is 0 Å². The third-order valence-electron chi connectivity index (χ3n) is 4.97. The van der Waals surface area contributed by atoms with E-state index in [2.05, 4.69) is 44.2 Å². The lowest BCUT2D eigenvalue weighted by Crippen LogP contribution is -2.15. The summed E-state index contributed by atoms with van der Waals surface area (Å²) in [7, 11) is 1.62. The van der Waals surface area contributed by atoms with Gasteiger partial charge in [0.05, 0.1) is 12.5 Å². The number of allylic oxidation sites excluding steroid dienone is 1. The molecule has 2 atom stereocenters. The maximum atomic E-state index is 12.8. The maximum Gasteiger partial charge on any atom is 0.309 e. The van der Waals surface area contributed by atoms with Gasteiger partial charge in [-0.25, -0.2) is 0 Å². The number of fused-ring (bicyclic) bond motifs is 1. The molecule has 0 aliphatic heterocycles. The van der Waals surface area contributed by atoms with Crippen LogP contribution in [0.1, 0.15) is 50.0 Å². The third-order valence-corrected chi connectivity index (χ3v) is 4.97.